The lowest BCUT2D eigenvalue weighted by Gasteiger charge is -2.21. The molecule has 26 heavy (non-hydrogen) atoms. The summed E-state index contributed by atoms with van der Waals surface area (Å²) in [6.45, 7) is 1.54. The maximum absolute atomic E-state index is 13.6. The van der Waals surface area contributed by atoms with Gasteiger partial charge in [-0.1, -0.05) is 35.3 Å². The topological polar surface area (TPSA) is 87.3 Å². The van der Waals surface area contributed by atoms with Crippen LogP contribution in [0.25, 0.3) is 0 Å². The summed E-state index contributed by atoms with van der Waals surface area (Å²) in [5.74, 6) is -1.92. The Morgan fingerprint density at radius 1 is 1.15 bits per heavy atom. The molecule has 1 saturated heterocycles. The summed E-state index contributed by atoms with van der Waals surface area (Å²) in [6.07, 6.45) is 0. The molecule has 2 aromatic carbocycles. The zero-order valence-electron chi connectivity index (χ0n) is 13.3. The number of benzene rings is 2. The SMILES string of the molecule is C[C@]1(c2cccc(NC(=O)c3cc(F)c(Cl)cc3Cl)c2)NC(=O)NC1=O. The highest BCUT2D eigenvalue weighted by Crippen LogP contribution is 2.28. The van der Waals surface area contributed by atoms with Crippen molar-refractivity contribution in [2.24, 2.45) is 0 Å². The molecule has 1 aliphatic heterocycles. The van der Waals surface area contributed by atoms with E-state index in [0.717, 1.165) is 12.1 Å². The first-order valence-electron chi connectivity index (χ1n) is 7.41. The fourth-order valence-corrected chi connectivity index (χ4v) is 3.02. The van der Waals surface area contributed by atoms with Gasteiger partial charge in [-0.05, 0) is 36.8 Å². The van der Waals surface area contributed by atoms with Crippen LogP contribution in [-0.2, 0) is 10.3 Å². The van der Waals surface area contributed by atoms with E-state index in [1.54, 1.807) is 25.1 Å². The minimum absolute atomic E-state index is 0.000509. The predicted molar refractivity (Wildman–Crippen MR) is 94.8 cm³/mol. The first kappa shape index (κ1) is 18.2. The third-order valence-corrected chi connectivity index (χ3v) is 4.60. The van der Waals surface area contributed by atoms with Crippen LogP contribution in [-0.4, -0.2) is 17.8 Å². The zero-order chi connectivity index (χ0) is 19.1. The largest absolute Gasteiger partial charge is 0.322 e. The highest BCUT2D eigenvalue weighted by molar-refractivity contribution is 6.37. The van der Waals surface area contributed by atoms with Crippen molar-refractivity contribution in [1.29, 1.82) is 0 Å². The van der Waals surface area contributed by atoms with Crippen molar-refractivity contribution in [3.05, 3.63) is 63.4 Å². The van der Waals surface area contributed by atoms with Crippen LogP contribution in [0.3, 0.4) is 0 Å². The van der Waals surface area contributed by atoms with Gasteiger partial charge in [0.15, 0.2) is 0 Å². The number of halogens is 3. The fraction of sp³-hybridized carbons (Fsp3) is 0.118. The lowest BCUT2D eigenvalue weighted by atomic mass is 9.92. The molecule has 0 aromatic heterocycles. The summed E-state index contributed by atoms with van der Waals surface area (Å²) >= 11 is 11.6. The minimum atomic E-state index is -1.26. The molecule has 0 unspecified atom stereocenters. The summed E-state index contributed by atoms with van der Waals surface area (Å²) in [7, 11) is 0. The molecule has 134 valence electrons. The summed E-state index contributed by atoms with van der Waals surface area (Å²) in [4.78, 5) is 35.8. The molecule has 0 radical (unpaired) electrons. The molecule has 3 N–H and O–H groups in total. The maximum atomic E-state index is 13.6. The number of rotatable bonds is 3. The van der Waals surface area contributed by atoms with Gasteiger partial charge < -0.3 is 10.6 Å². The van der Waals surface area contributed by atoms with Crippen LogP contribution in [0.4, 0.5) is 14.9 Å². The molecule has 9 heteroatoms. The van der Waals surface area contributed by atoms with Crippen LogP contribution in [0, 0.1) is 5.82 Å². The predicted octanol–water partition coefficient (Wildman–Crippen LogP) is 3.44. The van der Waals surface area contributed by atoms with Gasteiger partial charge in [0.25, 0.3) is 11.8 Å². The van der Waals surface area contributed by atoms with Crippen molar-refractivity contribution in [1.82, 2.24) is 10.6 Å². The van der Waals surface area contributed by atoms with E-state index in [1.807, 2.05) is 0 Å². The van der Waals surface area contributed by atoms with Gasteiger partial charge in [0.2, 0.25) is 0 Å². The highest BCUT2D eigenvalue weighted by Gasteiger charge is 2.43. The zero-order valence-corrected chi connectivity index (χ0v) is 14.8. The minimum Gasteiger partial charge on any atom is -0.322 e. The summed E-state index contributed by atoms with van der Waals surface area (Å²) in [5, 5.41) is 7.08. The quantitative estimate of drug-likeness (QED) is 0.549. The molecular formula is C17H12Cl2FN3O3. The molecule has 0 aliphatic carbocycles. The monoisotopic (exact) mass is 395 g/mol. The van der Waals surface area contributed by atoms with E-state index < -0.39 is 29.2 Å². The lowest BCUT2D eigenvalue weighted by molar-refractivity contribution is -0.123. The second-order valence-corrected chi connectivity index (χ2v) is 6.63. The second kappa shape index (κ2) is 6.59. The molecule has 0 bridgehead atoms. The summed E-state index contributed by atoms with van der Waals surface area (Å²) in [6, 6.07) is 7.84. The van der Waals surface area contributed by atoms with E-state index >= 15 is 0 Å². The van der Waals surface area contributed by atoms with Gasteiger partial charge in [-0.2, -0.15) is 0 Å². The molecule has 1 fully saturated rings. The van der Waals surface area contributed by atoms with Crippen LogP contribution < -0.4 is 16.0 Å². The Bertz CT molecular complexity index is 951. The Kier molecular flexibility index (Phi) is 4.60. The van der Waals surface area contributed by atoms with Crippen molar-refractivity contribution in [2.45, 2.75) is 12.5 Å². The number of carbonyl (C=O) groups is 3. The maximum Gasteiger partial charge on any atom is 0.322 e. The van der Waals surface area contributed by atoms with Crippen LogP contribution in [0.1, 0.15) is 22.8 Å². The molecule has 1 atom stereocenters. The molecule has 1 aliphatic rings. The third-order valence-electron chi connectivity index (χ3n) is 4.00. The molecule has 4 amide bonds. The number of anilines is 1. The average Bonchev–Trinajstić information content (AvgIpc) is 2.84. The van der Waals surface area contributed by atoms with Crippen molar-refractivity contribution < 1.29 is 18.8 Å². The van der Waals surface area contributed by atoms with E-state index in [4.69, 9.17) is 23.2 Å². The van der Waals surface area contributed by atoms with Gasteiger partial charge in [-0.3, -0.25) is 14.9 Å². The fourth-order valence-electron chi connectivity index (χ4n) is 2.55. The number of imide groups is 1. The Balaban J connectivity index is 1.88. The van der Waals surface area contributed by atoms with E-state index in [2.05, 4.69) is 16.0 Å². The number of hydrogen-bond acceptors (Lipinski definition) is 3. The Hall–Kier alpha value is -2.64. The van der Waals surface area contributed by atoms with Crippen molar-refractivity contribution >= 4 is 46.7 Å². The van der Waals surface area contributed by atoms with Gasteiger partial charge in [0.1, 0.15) is 11.4 Å². The first-order valence-corrected chi connectivity index (χ1v) is 8.16. The van der Waals surface area contributed by atoms with Crippen LogP contribution in [0.15, 0.2) is 36.4 Å². The number of nitrogens with one attached hydrogen (secondary N) is 3. The van der Waals surface area contributed by atoms with Crippen LogP contribution in [0.2, 0.25) is 10.0 Å². The van der Waals surface area contributed by atoms with Gasteiger partial charge in [-0.25, -0.2) is 9.18 Å². The highest BCUT2D eigenvalue weighted by atomic mass is 35.5. The van der Waals surface area contributed by atoms with Crippen LogP contribution in [0.5, 0.6) is 0 Å². The number of carbonyl (C=O) groups excluding carboxylic acids is 3. The molecule has 0 saturated carbocycles. The van der Waals surface area contributed by atoms with Gasteiger partial charge >= 0.3 is 6.03 Å². The molecular weight excluding hydrogens is 384 g/mol. The normalized spacial score (nSPS) is 19.1. The molecule has 0 spiro atoms. The molecule has 6 nitrogen and oxygen atoms in total. The molecule has 3 rings (SSSR count). The number of hydrogen-bond donors (Lipinski definition) is 3. The first-order chi connectivity index (χ1) is 12.2. The Morgan fingerprint density at radius 3 is 2.54 bits per heavy atom. The van der Waals surface area contributed by atoms with Crippen LogP contribution >= 0.6 is 23.2 Å². The number of amides is 4. The van der Waals surface area contributed by atoms with Gasteiger partial charge in [0, 0.05) is 5.69 Å². The van der Waals surface area contributed by atoms with Crippen molar-refractivity contribution in [2.75, 3.05) is 5.32 Å². The average molecular weight is 396 g/mol. The van der Waals surface area contributed by atoms with E-state index in [-0.39, 0.29) is 15.6 Å². The summed E-state index contributed by atoms with van der Waals surface area (Å²) in [5.41, 5.74) is -0.541. The molecule has 2 aromatic rings. The third kappa shape index (κ3) is 3.23. The Morgan fingerprint density at radius 2 is 1.88 bits per heavy atom. The number of urea groups is 1. The van der Waals surface area contributed by atoms with Gasteiger partial charge in [0.05, 0.1) is 15.6 Å². The van der Waals surface area contributed by atoms with Crippen molar-refractivity contribution in [3.8, 4) is 0 Å². The van der Waals surface area contributed by atoms with Crippen molar-refractivity contribution in [3.63, 3.8) is 0 Å². The Labute approximate surface area is 157 Å². The van der Waals surface area contributed by atoms with E-state index in [0.29, 0.717) is 11.3 Å². The van der Waals surface area contributed by atoms with Gasteiger partial charge in [-0.15, -0.1) is 0 Å². The lowest BCUT2D eigenvalue weighted by Crippen LogP contribution is -2.40. The molecule has 1 heterocycles. The smallest absolute Gasteiger partial charge is 0.322 e. The second-order valence-electron chi connectivity index (χ2n) is 5.81. The van der Waals surface area contributed by atoms with E-state index in [9.17, 15) is 18.8 Å². The van der Waals surface area contributed by atoms with E-state index in [1.165, 1.54) is 6.07 Å². The standard InChI is InChI=1S/C17H12Cl2FN3O3/c1-17(15(25)22-16(26)23-17)8-3-2-4-9(5-8)21-14(24)10-6-13(20)12(19)7-11(10)18/h2-7H,1H3,(H,21,24)(H2,22,23,25,26)/t17-/m1/s1. The summed E-state index contributed by atoms with van der Waals surface area (Å²) < 4.78 is 13.6.